The summed E-state index contributed by atoms with van der Waals surface area (Å²) >= 11 is 1.72. The van der Waals surface area contributed by atoms with Crippen LogP contribution in [0.25, 0.3) is 0 Å². The minimum Gasteiger partial charge on any atom is -0.339 e. The van der Waals surface area contributed by atoms with Gasteiger partial charge in [-0.15, -0.1) is 11.8 Å². The van der Waals surface area contributed by atoms with E-state index in [0.717, 1.165) is 29.3 Å². The molecule has 2 aromatic carbocycles. The second-order valence-electron chi connectivity index (χ2n) is 4.75. The zero-order valence-electron chi connectivity index (χ0n) is 12.6. The van der Waals surface area contributed by atoms with E-state index in [0.29, 0.717) is 0 Å². The van der Waals surface area contributed by atoms with E-state index in [1.165, 1.54) is 5.56 Å². The first-order valence-corrected chi connectivity index (χ1v) is 8.29. The predicted molar refractivity (Wildman–Crippen MR) is 89.7 cm³/mol. The summed E-state index contributed by atoms with van der Waals surface area (Å²) in [6.07, 6.45) is 0. The molecule has 2 nitrogen and oxygen atoms in total. The van der Waals surface area contributed by atoms with Gasteiger partial charge in [-0.3, -0.25) is 4.79 Å². The van der Waals surface area contributed by atoms with Crippen molar-refractivity contribution in [1.82, 2.24) is 4.90 Å². The topological polar surface area (TPSA) is 20.3 Å². The number of rotatable bonds is 6. The first-order valence-electron chi connectivity index (χ1n) is 7.31. The Morgan fingerprint density at radius 1 is 0.952 bits per heavy atom. The first-order chi connectivity index (χ1) is 10.3. The molecule has 0 unspecified atom stereocenters. The van der Waals surface area contributed by atoms with Crippen LogP contribution in [0.2, 0.25) is 0 Å². The minimum absolute atomic E-state index is 0.121. The van der Waals surface area contributed by atoms with Crippen LogP contribution < -0.4 is 0 Å². The fraction of sp³-hybridized carbons (Fsp3) is 0.278. The molecule has 0 saturated heterocycles. The van der Waals surface area contributed by atoms with E-state index >= 15 is 0 Å². The maximum absolute atomic E-state index is 12.6. The number of thioether (sulfide) groups is 1. The van der Waals surface area contributed by atoms with Crippen molar-refractivity contribution in [3.05, 3.63) is 65.7 Å². The van der Waals surface area contributed by atoms with Crippen LogP contribution in [-0.2, 0) is 5.75 Å². The standard InChI is InChI=1S/C18H21NOS/c1-3-19(4-2)18(20)16-12-8-9-13-17(16)21-14-15-10-6-5-7-11-15/h5-13H,3-4,14H2,1-2H3. The summed E-state index contributed by atoms with van der Waals surface area (Å²) in [6.45, 7) is 5.52. The number of nitrogens with zero attached hydrogens (tertiary/aromatic N) is 1. The molecule has 0 heterocycles. The summed E-state index contributed by atoms with van der Waals surface area (Å²) in [5, 5.41) is 0. The van der Waals surface area contributed by atoms with Crippen molar-refractivity contribution in [2.24, 2.45) is 0 Å². The van der Waals surface area contributed by atoms with Crippen LogP contribution in [0.1, 0.15) is 29.8 Å². The van der Waals surface area contributed by atoms with Crippen molar-refractivity contribution in [3.8, 4) is 0 Å². The summed E-state index contributed by atoms with van der Waals surface area (Å²) in [5.74, 6) is 1.000. The Bertz CT molecular complexity index is 579. The van der Waals surface area contributed by atoms with Crippen molar-refractivity contribution < 1.29 is 4.79 Å². The summed E-state index contributed by atoms with van der Waals surface area (Å²) in [7, 11) is 0. The highest BCUT2D eigenvalue weighted by molar-refractivity contribution is 7.98. The van der Waals surface area contributed by atoms with Crippen LogP contribution in [-0.4, -0.2) is 23.9 Å². The SMILES string of the molecule is CCN(CC)C(=O)c1ccccc1SCc1ccccc1. The van der Waals surface area contributed by atoms with Gasteiger partial charge in [-0.25, -0.2) is 0 Å². The van der Waals surface area contributed by atoms with Crippen LogP contribution in [0.15, 0.2) is 59.5 Å². The van der Waals surface area contributed by atoms with Gasteiger partial charge in [-0.1, -0.05) is 42.5 Å². The summed E-state index contributed by atoms with van der Waals surface area (Å²) in [4.78, 5) is 15.5. The molecule has 0 bridgehead atoms. The van der Waals surface area contributed by atoms with Crippen molar-refractivity contribution in [2.75, 3.05) is 13.1 Å². The number of hydrogen-bond donors (Lipinski definition) is 0. The van der Waals surface area contributed by atoms with Crippen LogP contribution in [0.4, 0.5) is 0 Å². The lowest BCUT2D eigenvalue weighted by Crippen LogP contribution is -2.30. The minimum atomic E-state index is 0.121. The zero-order chi connectivity index (χ0) is 15.1. The van der Waals surface area contributed by atoms with Gasteiger partial charge >= 0.3 is 0 Å². The fourth-order valence-electron chi connectivity index (χ4n) is 2.19. The monoisotopic (exact) mass is 299 g/mol. The summed E-state index contributed by atoms with van der Waals surface area (Å²) in [6, 6.07) is 18.2. The lowest BCUT2D eigenvalue weighted by molar-refractivity contribution is 0.0769. The largest absolute Gasteiger partial charge is 0.339 e. The molecule has 0 aliphatic heterocycles. The van der Waals surface area contributed by atoms with Crippen molar-refractivity contribution >= 4 is 17.7 Å². The highest BCUT2D eigenvalue weighted by Gasteiger charge is 2.16. The molecule has 0 saturated carbocycles. The Balaban J connectivity index is 2.15. The molecule has 0 aliphatic rings. The van der Waals surface area contributed by atoms with Crippen LogP contribution >= 0.6 is 11.8 Å². The highest BCUT2D eigenvalue weighted by Crippen LogP contribution is 2.27. The second-order valence-corrected chi connectivity index (χ2v) is 5.77. The number of carbonyl (C=O) groups excluding carboxylic acids is 1. The molecule has 0 aromatic heterocycles. The molecule has 2 aromatic rings. The Hall–Kier alpha value is -1.74. The Morgan fingerprint density at radius 2 is 1.57 bits per heavy atom. The molecule has 0 spiro atoms. The van der Waals surface area contributed by atoms with E-state index in [4.69, 9.17) is 0 Å². The summed E-state index contributed by atoms with van der Waals surface area (Å²) < 4.78 is 0. The second kappa shape index (κ2) is 7.89. The number of hydrogen-bond acceptors (Lipinski definition) is 2. The summed E-state index contributed by atoms with van der Waals surface area (Å²) in [5.41, 5.74) is 2.08. The average molecular weight is 299 g/mol. The van der Waals surface area contributed by atoms with Crippen molar-refractivity contribution in [3.63, 3.8) is 0 Å². The van der Waals surface area contributed by atoms with Gasteiger partial charge in [0.2, 0.25) is 0 Å². The van der Waals surface area contributed by atoms with E-state index < -0.39 is 0 Å². The normalized spacial score (nSPS) is 10.4. The number of carbonyl (C=O) groups is 1. The predicted octanol–water partition coefficient (Wildman–Crippen LogP) is 4.46. The third kappa shape index (κ3) is 4.11. The van der Waals surface area contributed by atoms with Crippen molar-refractivity contribution in [1.29, 1.82) is 0 Å². The van der Waals surface area contributed by atoms with E-state index in [-0.39, 0.29) is 5.91 Å². The molecule has 0 radical (unpaired) electrons. The molecule has 0 atom stereocenters. The van der Waals surface area contributed by atoms with E-state index in [1.54, 1.807) is 11.8 Å². The van der Waals surface area contributed by atoms with Crippen LogP contribution in [0.3, 0.4) is 0 Å². The Labute approximate surface area is 131 Å². The highest BCUT2D eigenvalue weighted by atomic mass is 32.2. The van der Waals surface area contributed by atoms with E-state index in [1.807, 2.05) is 61.2 Å². The average Bonchev–Trinajstić information content (AvgIpc) is 2.55. The van der Waals surface area contributed by atoms with Crippen molar-refractivity contribution in [2.45, 2.75) is 24.5 Å². The fourth-order valence-corrected chi connectivity index (χ4v) is 3.19. The van der Waals surface area contributed by atoms with Gasteiger partial charge in [0, 0.05) is 23.7 Å². The Morgan fingerprint density at radius 3 is 2.24 bits per heavy atom. The molecular formula is C18H21NOS. The molecular weight excluding hydrogens is 278 g/mol. The maximum atomic E-state index is 12.6. The molecule has 0 aliphatic carbocycles. The molecule has 3 heteroatoms. The van der Waals surface area contributed by atoms with E-state index in [9.17, 15) is 4.79 Å². The molecule has 0 N–H and O–H groups in total. The van der Waals surface area contributed by atoms with Crippen LogP contribution in [0.5, 0.6) is 0 Å². The third-order valence-electron chi connectivity index (χ3n) is 3.41. The molecule has 1 amide bonds. The lowest BCUT2D eigenvalue weighted by atomic mass is 10.2. The van der Waals surface area contributed by atoms with E-state index in [2.05, 4.69) is 12.1 Å². The van der Waals surface area contributed by atoms with Gasteiger partial charge < -0.3 is 4.90 Å². The van der Waals surface area contributed by atoms with Gasteiger partial charge in [0.05, 0.1) is 5.56 Å². The van der Waals surface area contributed by atoms with Gasteiger partial charge in [-0.2, -0.15) is 0 Å². The van der Waals surface area contributed by atoms with Crippen LogP contribution in [0, 0.1) is 0 Å². The maximum Gasteiger partial charge on any atom is 0.254 e. The number of benzene rings is 2. The lowest BCUT2D eigenvalue weighted by Gasteiger charge is -2.20. The molecule has 2 rings (SSSR count). The molecule has 110 valence electrons. The Kier molecular flexibility index (Phi) is 5.88. The van der Waals surface area contributed by atoms with Gasteiger partial charge in [0.1, 0.15) is 0 Å². The van der Waals surface area contributed by atoms with Gasteiger partial charge in [-0.05, 0) is 31.5 Å². The first kappa shape index (κ1) is 15.6. The molecule has 21 heavy (non-hydrogen) atoms. The zero-order valence-corrected chi connectivity index (χ0v) is 13.4. The quantitative estimate of drug-likeness (QED) is 0.734. The molecule has 0 fully saturated rings. The van der Waals surface area contributed by atoms with Gasteiger partial charge in [0.25, 0.3) is 5.91 Å². The smallest absolute Gasteiger partial charge is 0.254 e. The van der Waals surface area contributed by atoms with Gasteiger partial charge in [0.15, 0.2) is 0 Å². The number of amides is 1. The third-order valence-corrected chi connectivity index (χ3v) is 4.55.